The number of hydrogen-bond donors (Lipinski definition) is 1. The number of hydrogen-bond acceptors (Lipinski definition) is 6. The van der Waals surface area contributed by atoms with Gasteiger partial charge in [0.2, 0.25) is 15.9 Å². The monoisotopic (exact) mass is 489 g/mol. The molecule has 2 aromatic carbocycles. The van der Waals surface area contributed by atoms with Gasteiger partial charge in [-0.05, 0) is 80.3 Å². The van der Waals surface area contributed by atoms with Crippen molar-refractivity contribution in [2.75, 3.05) is 53.3 Å². The molecule has 0 aliphatic carbocycles. The number of amides is 1. The highest BCUT2D eigenvalue weighted by Crippen LogP contribution is 2.31. The van der Waals surface area contributed by atoms with Gasteiger partial charge in [-0.3, -0.25) is 4.79 Å². The summed E-state index contributed by atoms with van der Waals surface area (Å²) in [6.07, 6.45) is 1.86. The van der Waals surface area contributed by atoms with Crippen molar-refractivity contribution in [3.8, 4) is 11.5 Å². The summed E-state index contributed by atoms with van der Waals surface area (Å²) in [6, 6.07) is 7.37. The second-order valence-corrected chi connectivity index (χ2v) is 10.8. The number of anilines is 1. The van der Waals surface area contributed by atoms with Crippen molar-refractivity contribution in [1.29, 1.82) is 0 Å². The van der Waals surface area contributed by atoms with E-state index in [1.165, 1.54) is 22.5 Å². The van der Waals surface area contributed by atoms with E-state index in [-0.39, 0.29) is 23.8 Å². The molecule has 34 heavy (non-hydrogen) atoms. The summed E-state index contributed by atoms with van der Waals surface area (Å²) in [5.41, 5.74) is 4.26. The number of carbonyl (C=O) groups excluding carboxylic acids is 1. The molecule has 0 radical (unpaired) electrons. The van der Waals surface area contributed by atoms with E-state index in [4.69, 9.17) is 9.47 Å². The Morgan fingerprint density at radius 3 is 2.18 bits per heavy atom. The highest BCUT2D eigenvalue weighted by molar-refractivity contribution is 7.89. The molecule has 1 aliphatic rings. The Morgan fingerprint density at radius 2 is 1.62 bits per heavy atom. The number of benzene rings is 2. The number of nitrogens with one attached hydrogen (secondary N) is 1. The molecular weight excluding hydrogens is 454 g/mol. The van der Waals surface area contributed by atoms with E-state index in [0.717, 1.165) is 25.9 Å². The molecule has 0 unspecified atom stereocenters. The van der Waals surface area contributed by atoms with Gasteiger partial charge < -0.3 is 19.7 Å². The number of aryl methyl sites for hydroxylation is 2. The molecule has 2 aromatic rings. The summed E-state index contributed by atoms with van der Waals surface area (Å²) in [4.78, 5) is 15.3. The zero-order valence-electron chi connectivity index (χ0n) is 20.9. The minimum Gasteiger partial charge on any atom is -0.497 e. The van der Waals surface area contributed by atoms with Crippen molar-refractivity contribution in [2.24, 2.45) is 0 Å². The summed E-state index contributed by atoms with van der Waals surface area (Å²) < 4.78 is 38.4. The fourth-order valence-electron chi connectivity index (χ4n) is 4.32. The predicted octanol–water partition coefficient (Wildman–Crippen LogP) is 3.00. The normalized spacial score (nSPS) is 14.4. The zero-order chi connectivity index (χ0) is 25.0. The Labute approximate surface area is 202 Å². The average Bonchev–Trinajstić information content (AvgIpc) is 2.97. The van der Waals surface area contributed by atoms with Crippen LogP contribution in [0.15, 0.2) is 29.2 Å². The molecular formula is C25H35N3O5S. The number of ether oxygens (including phenoxy) is 2. The van der Waals surface area contributed by atoms with E-state index >= 15 is 0 Å². The summed E-state index contributed by atoms with van der Waals surface area (Å²) >= 11 is 0. The lowest BCUT2D eigenvalue weighted by Gasteiger charge is -2.21. The third-order valence-corrected chi connectivity index (χ3v) is 8.48. The van der Waals surface area contributed by atoms with Gasteiger partial charge in [0.05, 0.1) is 24.8 Å². The molecule has 0 atom stereocenters. The van der Waals surface area contributed by atoms with Crippen LogP contribution < -0.4 is 14.8 Å². The molecule has 0 saturated carbocycles. The molecule has 186 valence electrons. The molecule has 0 spiro atoms. The van der Waals surface area contributed by atoms with Crippen LogP contribution in [0.2, 0.25) is 0 Å². The van der Waals surface area contributed by atoms with Gasteiger partial charge in [-0.25, -0.2) is 12.7 Å². The second kappa shape index (κ2) is 10.8. The smallest absolute Gasteiger partial charge is 0.243 e. The molecule has 1 heterocycles. The van der Waals surface area contributed by atoms with E-state index < -0.39 is 10.0 Å². The molecule has 1 aliphatic heterocycles. The first-order valence-corrected chi connectivity index (χ1v) is 12.8. The van der Waals surface area contributed by atoms with Crippen LogP contribution in [0.5, 0.6) is 11.5 Å². The van der Waals surface area contributed by atoms with Crippen molar-refractivity contribution >= 4 is 21.6 Å². The molecule has 1 N–H and O–H groups in total. The second-order valence-electron chi connectivity index (χ2n) is 8.84. The van der Waals surface area contributed by atoms with E-state index in [9.17, 15) is 13.2 Å². The number of fused-ring (bicyclic) bond motifs is 1. The SMILES string of the molecule is COc1cc(C)c(S(=O)(=O)N(C)CCC(=O)Nc2cc3c(cc2OC)CCN(C)CC3)c(C)c1. The number of methoxy groups -OCH3 is 2. The zero-order valence-corrected chi connectivity index (χ0v) is 21.7. The van der Waals surface area contributed by atoms with Crippen molar-refractivity contribution < 1.29 is 22.7 Å². The summed E-state index contributed by atoms with van der Waals surface area (Å²) in [7, 11) is 2.96. The number of likely N-dealkylation sites (N-methyl/N-ethyl adjacent to an activating group) is 1. The first-order valence-electron chi connectivity index (χ1n) is 11.4. The van der Waals surface area contributed by atoms with Crippen LogP contribution in [0.4, 0.5) is 5.69 Å². The fourth-order valence-corrected chi connectivity index (χ4v) is 5.89. The molecule has 1 amide bonds. The van der Waals surface area contributed by atoms with Gasteiger partial charge in [0, 0.05) is 33.1 Å². The van der Waals surface area contributed by atoms with Crippen LogP contribution in [-0.4, -0.2) is 71.5 Å². The predicted molar refractivity (Wildman–Crippen MR) is 133 cm³/mol. The van der Waals surface area contributed by atoms with Crippen molar-refractivity contribution in [3.63, 3.8) is 0 Å². The Morgan fingerprint density at radius 1 is 1.03 bits per heavy atom. The first-order chi connectivity index (χ1) is 16.1. The largest absolute Gasteiger partial charge is 0.497 e. The van der Waals surface area contributed by atoms with Crippen LogP contribution in [0.1, 0.15) is 28.7 Å². The van der Waals surface area contributed by atoms with Crippen LogP contribution in [0.3, 0.4) is 0 Å². The summed E-state index contributed by atoms with van der Waals surface area (Å²) in [5.74, 6) is 0.952. The van der Waals surface area contributed by atoms with Gasteiger partial charge >= 0.3 is 0 Å². The van der Waals surface area contributed by atoms with Crippen molar-refractivity contribution in [1.82, 2.24) is 9.21 Å². The average molecular weight is 490 g/mol. The third kappa shape index (κ3) is 5.71. The lowest BCUT2D eigenvalue weighted by Crippen LogP contribution is -2.31. The van der Waals surface area contributed by atoms with Crippen molar-refractivity contribution in [3.05, 3.63) is 46.5 Å². The van der Waals surface area contributed by atoms with Crippen molar-refractivity contribution in [2.45, 2.75) is 38.0 Å². The minimum absolute atomic E-state index is 0.0208. The van der Waals surface area contributed by atoms with E-state index in [2.05, 4.69) is 17.3 Å². The van der Waals surface area contributed by atoms with Crippen LogP contribution in [0, 0.1) is 13.8 Å². The van der Waals surface area contributed by atoms with Gasteiger partial charge in [0.15, 0.2) is 0 Å². The maximum Gasteiger partial charge on any atom is 0.243 e. The Bertz CT molecular complexity index is 1140. The Hall–Kier alpha value is -2.62. The highest BCUT2D eigenvalue weighted by atomic mass is 32.2. The molecule has 0 aromatic heterocycles. The fraction of sp³-hybridized carbons (Fsp3) is 0.480. The van der Waals surface area contributed by atoms with Gasteiger partial charge in [-0.15, -0.1) is 0 Å². The molecule has 3 rings (SSSR count). The van der Waals surface area contributed by atoms with E-state index in [1.54, 1.807) is 40.2 Å². The van der Waals surface area contributed by atoms with Gasteiger partial charge in [-0.2, -0.15) is 0 Å². The molecule has 8 nitrogen and oxygen atoms in total. The molecule has 0 fully saturated rings. The molecule has 0 bridgehead atoms. The first kappa shape index (κ1) is 26.0. The van der Waals surface area contributed by atoms with Crippen LogP contribution in [0.25, 0.3) is 0 Å². The molecule has 9 heteroatoms. The van der Waals surface area contributed by atoms with Gasteiger partial charge in [-0.1, -0.05) is 0 Å². The number of sulfonamides is 1. The summed E-state index contributed by atoms with van der Waals surface area (Å²) in [6.45, 7) is 5.48. The lowest BCUT2D eigenvalue weighted by molar-refractivity contribution is -0.116. The molecule has 0 saturated heterocycles. The Kier molecular flexibility index (Phi) is 8.22. The van der Waals surface area contributed by atoms with Gasteiger partial charge in [0.1, 0.15) is 11.5 Å². The topological polar surface area (TPSA) is 88.2 Å². The van der Waals surface area contributed by atoms with Crippen LogP contribution >= 0.6 is 0 Å². The van der Waals surface area contributed by atoms with E-state index in [1.807, 2.05) is 12.1 Å². The summed E-state index contributed by atoms with van der Waals surface area (Å²) in [5, 5.41) is 2.91. The number of rotatable bonds is 8. The van der Waals surface area contributed by atoms with Gasteiger partial charge in [0.25, 0.3) is 0 Å². The third-order valence-electron chi connectivity index (χ3n) is 6.31. The number of nitrogens with zero attached hydrogens (tertiary/aromatic N) is 2. The maximum atomic E-state index is 13.2. The lowest BCUT2D eigenvalue weighted by atomic mass is 10.0. The standard InChI is InChI=1S/C25H35N3O5S/c1-17-13-21(32-5)14-18(2)25(17)34(30,31)28(4)12-9-24(29)26-22-15-19-7-10-27(3)11-8-20(19)16-23(22)33-6/h13-16H,7-12H2,1-6H3,(H,26,29). The quantitative estimate of drug-likeness (QED) is 0.613. The van der Waals surface area contributed by atoms with E-state index in [0.29, 0.717) is 28.3 Å². The van der Waals surface area contributed by atoms with Crippen LogP contribution in [-0.2, 0) is 27.7 Å². The highest BCUT2D eigenvalue weighted by Gasteiger charge is 2.26. The minimum atomic E-state index is -3.76. The maximum absolute atomic E-state index is 13.2. The Balaban J connectivity index is 1.71. The number of carbonyl (C=O) groups is 1.